The van der Waals surface area contributed by atoms with Gasteiger partial charge in [0.1, 0.15) is 6.61 Å². The summed E-state index contributed by atoms with van der Waals surface area (Å²) in [7, 11) is 0. The van der Waals surface area contributed by atoms with Gasteiger partial charge in [0.05, 0.1) is 5.69 Å². The first-order valence-corrected chi connectivity index (χ1v) is 8.17. The third-order valence-corrected chi connectivity index (χ3v) is 4.41. The fourth-order valence-corrected chi connectivity index (χ4v) is 3.18. The zero-order valence-corrected chi connectivity index (χ0v) is 13.8. The Bertz CT molecular complexity index is 1030. The molecule has 4 aromatic carbocycles. The molecule has 0 saturated carbocycles. The van der Waals surface area contributed by atoms with Crippen LogP contribution in [-0.4, -0.2) is 0 Å². The number of nitrogens with two attached hydrogens (primary N) is 1. The second-order valence-corrected chi connectivity index (χ2v) is 6.22. The van der Waals surface area contributed by atoms with Gasteiger partial charge in [-0.15, -0.1) is 0 Å². The Kier molecular flexibility index (Phi) is 3.75. The van der Waals surface area contributed by atoms with E-state index in [1.807, 2.05) is 60.7 Å². The van der Waals surface area contributed by atoms with Crippen LogP contribution < -0.4 is 10.5 Å². The van der Waals surface area contributed by atoms with Gasteiger partial charge in [-0.05, 0) is 39.9 Å². The second-order valence-electron chi connectivity index (χ2n) is 5.79. The number of benzene rings is 4. The maximum absolute atomic E-state index is 6.22. The molecule has 3 heteroatoms. The molecule has 0 unspecified atom stereocenters. The highest BCUT2D eigenvalue weighted by Crippen LogP contribution is 2.38. The molecule has 118 valence electrons. The van der Waals surface area contributed by atoms with Crippen LogP contribution in [-0.2, 0) is 6.61 Å². The SMILES string of the molecule is Nc1ccc2ccc3cc(Cl)ccc3c2c1OCc1ccccc1. The number of hydrogen-bond acceptors (Lipinski definition) is 2. The minimum absolute atomic E-state index is 0.480. The van der Waals surface area contributed by atoms with Gasteiger partial charge in [0.2, 0.25) is 0 Å². The van der Waals surface area contributed by atoms with Crippen LogP contribution in [0.2, 0.25) is 5.02 Å². The zero-order valence-electron chi connectivity index (χ0n) is 13.0. The third kappa shape index (κ3) is 2.66. The first-order valence-electron chi connectivity index (χ1n) is 7.79. The van der Waals surface area contributed by atoms with Crippen molar-refractivity contribution in [2.75, 3.05) is 5.73 Å². The quantitative estimate of drug-likeness (QED) is 0.379. The first-order chi connectivity index (χ1) is 11.7. The molecule has 0 spiro atoms. The van der Waals surface area contributed by atoms with E-state index < -0.39 is 0 Å². The van der Waals surface area contributed by atoms with E-state index in [-0.39, 0.29) is 0 Å². The maximum atomic E-state index is 6.22. The van der Waals surface area contributed by atoms with E-state index in [4.69, 9.17) is 22.1 Å². The van der Waals surface area contributed by atoms with Crippen molar-refractivity contribution in [2.24, 2.45) is 0 Å². The molecule has 0 aliphatic rings. The molecule has 0 fully saturated rings. The number of fused-ring (bicyclic) bond motifs is 3. The number of nitrogen functional groups attached to an aromatic ring is 1. The Morgan fingerprint density at radius 1 is 0.833 bits per heavy atom. The zero-order chi connectivity index (χ0) is 16.5. The van der Waals surface area contributed by atoms with Crippen LogP contribution in [0.15, 0.2) is 72.8 Å². The molecule has 0 aliphatic heterocycles. The highest BCUT2D eigenvalue weighted by atomic mass is 35.5. The largest absolute Gasteiger partial charge is 0.486 e. The number of rotatable bonds is 3. The minimum Gasteiger partial charge on any atom is -0.486 e. The Labute approximate surface area is 145 Å². The molecule has 2 N–H and O–H groups in total. The van der Waals surface area contributed by atoms with Crippen LogP contribution in [0.4, 0.5) is 5.69 Å². The Hall–Kier alpha value is -2.71. The summed E-state index contributed by atoms with van der Waals surface area (Å²) in [5.74, 6) is 0.726. The van der Waals surface area contributed by atoms with Crippen LogP contribution in [0, 0.1) is 0 Å². The second kappa shape index (κ2) is 6.06. The van der Waals surface area contributed by atoms with E-state index in [1.165, 1.54) is 0 Å². The molecule has 4 rings (SSSR count). The third-order valence-electron chi connectivity index (χ3n) is 4.17. The van der Waals surface area contributed by atoms with Gasteiger partial charge in [-0.3, -0.25) is 0 Å². The summed E-state index contributed by atoms with van der Waals surface area (Å²) in [6.45, 7) is 0.480. The van der Waals surface area contributed by atoms with Gasteiger partial charge in [-0.25, -0.2) is 0 Å². The summed E-state index contributed by atoms with van der Waals surface area (Å²) in [5.41, 5.74) is 7.97. The highest BCUT2D eigenvalue weighted by molar-refractivity contribution is 6.31. The number of halogens is 1. The number of ether oxygens (including phenoxy) is 1. The summed E-state index contributed by atoms with van der Waals surface area (Å²) in [4.78, 5) is 0. The van der Waals surface area contributed by atoms with Crippen LogP contribution in [0.5, 0.6) is 5.75 Å². The first kappa shape index (κ1) is 14.9. The Morgan fingerprint density at radius 2 is 1.58 bits per heavy atom. The van der Waals surface area contributed by atoms with E-state index in [1.54, 1.807) is 0 Å². The van der Waals surface area contributed by atoms with Crippen molar-refractivity contribution in [1.82, 2.24) is 0 Å². The average molecular weight is 334 g/mol. The van der Waals surface area contributed by atoms with Crippen molar-refractivity contribution in [1.29, 1.82) is 0 Å². The smallest absolute Gasteiger partial charge is 0.151 e. The van der Waals surface area contributed by atoms with Crippen LogP contribution in [0.25, 0.3) is 21.5 Å². The van der Waals surface area contributed by atoms with Crippen molar-refractivity contribution < 1.29 is 4.74 Å². The summed E-state index contributed by atoms with van der Waals surface area (Å²) in [5, 5.41) is 5.01. The van der Waals surface area contributed by atoms with Gasteiger partial charge >= 0.3 is 0 Å². The van der Waals surface area contributed by atoms with Gasteiger partial charge in [0, 0.05) is 10.4 Å². The van der Waals surface area contributed by atoms with Gasteiger partial charge < -0.3 is 10.5 Å². The standard InChI is InChI=1S/C21H16ClNO/c22-17-9-10-18-16(12-17)7-6-15-8-11-19(23)21(20(15)18)24-13-14-4-2-1-3-5-14/h1-12H,13,23H2. The molecule has 0 atom stereocenters. The predicted molar refractivity (Wildman–Crippen MR) is 102 cm³/mol. The Morgan fingerprint density at radius 3 is 2.42 bits per heavy atom. The molecule has 4 aromatic rings. The topological polar surface area (TPSA) is 35.2 Å². The molecule has 0 aromatic heterocycles. The van der Waals surface area contributed by atoms with Crippen LogP contribution in [0.1, 0.15) is 5.56 Å². The van der Waals surface area contributed by atoms with E-state index in [9.17, 15) is 0 Å². The predicted octanol–water partition coefficient (Wildman–Crippen LogP) is 5.81. The monoisotopic (exact) mass is 333 g/mol. The van der Waals surface area contributed by atoms with Gasteiger partial charge in [0.25, 0.3) is 0 Å². The lowest BCUT2D eigenvalue weighted by atomic mass is 10.0. The lowest BCUT2D eigenvalue weighted by Crippen LogP contribution is -1.99. The molecule has 2 nitrogen and oxygen atoms in total. The van der Waals surface area contributed by atoms with Crippen molar-refractivity contribution in [3.63, 3.8) is 0 Å². The van der Waals surface area contributed by atoms with Crippen molar-refractivity contribution >= 4 is 38.8 Å². The van der Waals surface area contributed by atoms with E-state index in [2.05, 4.69) is 12.1 Å². The average Bonchev–Trinajstić information content (AvgIpc) is 2.61. The summed E-state index contributed by atoms with van der Waals surface area (Å²) in [6, 6.07) is 24.0. The van der Waals surface area contributed by atoms with Crippen molar-refractivity contribution in [2.45, 2.75) is 6.61 Å². The van der Waals surface area contributed by atoms with Gasteiger partial charge in [-0.2, -0.15) is 0 Å². The molecule has 0 radical (unpaired) electrons. The molecule has 0 bridgehead atoms. The van der Waals surface area contributed by atoms with E-state index in [0.29, 0.717) is 12.3 Å². The molecular weight excluding hydrogens is 318 g/mol. The fourth-order valence-electron chi connectivity index (χ4n) is 2.99. The summed E-state index contributed by atoms with van der Waals surface area (Å²) < 4.78 is 6.12. The number of hydrogen-bond donors (Lipinski definition) is 1. The molecule has 0 aliphatic carbocycles. The van der Waals surface area contributed by atoms with Crippen LogP contribution >= 0.6 is 11.6 Å². The normalized spacial score (nSPS) is 11.0. The molecular formula is C21H16ClNO. The summed E-state index contributed by atoms with van der Waals surface area (Å²) in [6.07, 6.45) is 0. The maximum Gasteiger partial charge on any atom is 0.151 e. The minimum atomic E-state index is 0.480. The molecule has 0 saturated heterocycles. The fraction of sp³-hybridized carbons (Fsp3) is 0.0476. The lowest BCUT2D eigenvalue weighted by molar-refractivity contribution is 0.312. The Balaban J connectivity index is 1.88. The molecule has 24 heavy (non-hydrogen) atoms. The van der Waals surface area contributed by atoms with Crippen molar-refractivity contribution in [3.05, 3.63) is 83.4 Å². The van der Waals surface area contributed by atoms with E-state index in [0.717, 1.165) is 37.9 Å². The van der Waals surface area contributed by atoms with Gasteiger partial charge in [0.15, 0.2) is 5.75 Å². The van der Waals surface area contributed by atoms with Gasteiger partial charge in [-0.1, -0.05) is 66.2 Å². The molecule has 0 heterocycles. The number of anilines is 1. The lowest BCUT2D eigenvalue weighted by Gasteiger charge is -2.14. The summed E-state index contributed by atoms with van der Waals surface area (Å²) >= 11 is 6.13. The molecule has 0 amide bonds. The van der Waals surface area contributed by atoms with Crippen molar-refractivity contribution in [3.8, 4) is 5.75 Å². The highest BCUT2D eigenvalue weighted by Gasteiger charge is 2.11. The van der Waals surface area contributed by atoms with Crippen LogP contribution in [0.3, 0.4) is 0 Å². The van der Waals surface area contributed by atoms with E-state index >= 15 is 0 Å².